The molecule has 0 aliphatic carbocycles. The van der Waals surface area contributed by atoms with Gasteiger partial charge in [0, 0.05) is 18.2 Å². The van der Waals surface area contributed by atoms with E-state index in [1.54, 1.807) is 6.92 Å². The summed E-state index contributed by atoms with van der Waals surface area (Å²) in [7, 11) is 0. The molecule has 1 aliphatic rings. The van der Waals surface area contributed by atoms with E-state index in [4.69, 9.17) is 28.4 Å². The fourth-order valence-corrected chi connectivity index (χ4v) is 13.8. The molecule has 0 saturated carbocycles. The Morgan fingerprint density at radius 3 is 1.16 bits per heavy atom. The molecule has 1 aromatic carbocycles. The van der Waals surface area contributed by atoms with Crippen molar-refractivity contribution in [1.82, 2.24) is 9.55 Å². The minimum Gasteiger partial charge on any atom is -0.490 e. The van der Waals surface area contributed by atoms with Crippen LogP contribution in [0.25, 0.3) is 0 Å². The molecule has 1 N–H and O–H groups in total. The smallest absolute Gasteiger partial charge is 0.330 e. The van der Waals surface area contributed by atoms with Gasteiger partial charge in [-0.05, 0) is 121 Å². The van der Waals surface area contributed by atoms with Crippen LogP contribution in [0.5, 0.6) is 17.2 Å². The number of aromatic nitrogens is 2. The van der Waals surface area contributed by atoms with Crippen LogP contribution in [0.15, 0.2) is 27.9 Å². The molecule has 2 aromatic rings. The van der Waals surface area contributed by atoms with Gasteiger partial charge < -0.3 is 28.4 Å². The number of aryl methyl sites for hydroxylation is 1. The van der Waals surface area contributed by atoms with E-state index in [9.17, 15) is 19.2 Å². The Morgan fingerprint density at radius 2 is 0.809 bits per heavy atom. The van der Waals surface area contributed by atoms with Gasteiger partial charge in [0.1, 0.15) is 18.9 Å². The first kappa shape index (κ1) is 84.4. The highest BCUT2D eigenvalue weighted by atomic mass is 16.6. The topological polar surface area (TPSA) is 144 Å². The third-order valence-electron chi connectivity index (χ3n) is 20.7. The molecule has 12 atom stereocenters. The van der Waals surface area contributed by atoms with Gasteiger partial charge in [-0.2, -0.15) is 0 Å². The summed E-state index contributed by atoms with van der Waals surface area (Å²) >= 11 is 0. The normalized spacial score (nSPS) is 18.0. The maximum Gasteiger partial charge on any atom is 0.330 e. The van der Waals surface area contributed by atoms with Gasteiger partial charge in [-0.15, -0.1) is 0 Å². The number of aromatic amines is 1. The molecule has 0 bridgehead atoms. The lowest BCUT2D eigenvalue weighted by Crippen LogP contribution is -2.33. The van der Waals surface area contributed by atoms with Gasteiger partial charge in [0.2, 0.25) is 5.75 Å². The molecule has 1 saturated heterocycles. The molecule has 12 heteroatoms. The van der Waals surface area contributed by atoms with Gasteiger partial charge in [-0.25, -0.2) is 4.79 Å². The lowest BCUT2D eigenvalue weighted by molar-refractivity contribution is -0.156. The van der Waals surface area contributed by atoms with Crippen LogP contribution in [0.4, 0.5) is 0 Å². The Morgan fingerprint density at radius 1 is 0.479 bits per heavy atom. The summed E-state index contributed by atoms with van der Waals surface area (Å²) in [6.07, 6.45) is 37.9. The monoisotopic (exact) mass is 1320 g/mol. The van der Waals surface area contributed by atoms with E-state index in [-0.39, 0.29) is 25.9 Å². The van der Waals surface area contributed by atoms with Gasteiger partial charge in [0.05, 0.1) is 38.8 Å². The molecule has 0 amide bonds. The molecule has 1 aromatic heterocycles. The number of ether oxygens (including phenoxy) is 6. The maximum absolute atomic E-state index is 13.5. The first-order valence-corrected chi connectivity index (χ1v) is 39.2. The summed E-state index contributed by atoms with van der Waals surface area (Å²) in [5, 5.41) is 0. The Labute approximate surface area is 576 Å². The number of nitrogens with one attached hydrogen (secondary N) is 1. The number of rotatable bonds is 56. The third-order valence-corrected chi connectivity index (χ3v) is 20.7. The number of benzene rings is 1. The van der Waals surface area contributed by atoms with E-state index in [0.717, 1.165) is 90.9 Å². The van der Waals surface area contributed by atoms with E-state index in [1.807, 2.05) is 19.1 Å². The van der Waals surface area contributed by atoms with Crippen LogP contribution in [-0.4, -0.2) is 53.5 Å². The SMILES string of the molecule is CC[C@H]1O[C@@H](n2cc(C)c(=O)[nH]c2=O)C[C@H]1OC(=O)CCC(=O)OCc1cc(OCCC(C)CCCC(C)CCCC(C)CCCC(C)C)c(OCCC(C)CCCC(C)CCCC(C)CCCC(C)C)c(OCCC(C)CCCC(C)CCCC(C)CCCC(C)C)c1. The molecule has 1 aliphatic heterocycles. The Kier molecular flexibility index (Phi) is 43.9. The molecule has 2 heterocycles. The van der Waals surface area contributed by atoms with Crippen LogP contribution in [0.1, 0.15) is 346 Å². The highest BCUT2D eigenvalue weighted by Crippen LogP contribution is 2.41. The average molecular weight is 1320 g/mol. The first-order valence-electron chi connectivity index (χ1n) is 39.2. The van der Waals surface area contributed by atoms with Crippen LogP contribution < -0.4 is 25.5 Å². The van der Waals surface area contributed by atoms with E-state index in [0.29, 0.717) is 66.8 Å². The van der Waals surface area contributed by atoms with E-state index >= 15 is 0 Å². The van der Waals surface area contributed by atoms with Crippen molar-refractivity contribution < 1.29 is 38.0 Å². The summed E-state index contributed by atoms with van der Waals surface area (Å²) < 4.78 is 39.7. The van der Waals surface area contributed by atoms with Crippen LogP contribution in [0.2, 0.25) is 0 Å². The summed E-state index contributed by atoms with van der Waals surface area (Å²) in [4.78, 5) is 53.8. The average Bonchev–Trinajstić information content (AvgIpc) is 1.58. The van der Waals surface area contributed by atoms with Gasteiger partial charge in [0.15, 0.2) is 11.5 Å². The number of hydrogen-bond donors (Lipinski definition) is 1. The van der Waals surface area contributed by atoms with E-state index in [2.05, 4.69) is 109 Å². The van der Waals surface area contributed by atoms with Gasteiger partial charge in [-0.3, -0.25) is 23.9 Å². The summed E-state index contributed by atoms with van der Waals surface area (Å²) in [5.41, 5.74) is 0.0586. The summed E-state index contributed by atoms with van der Waals surface area (Å²) in [6, 6.07) is 3.90. The minimum absolute atomic E-state index is 0.0334. The Hall–Kier alpha value is -3.80. The molecule has 12 nitrogen and oxygen atoms in total. The zero-order valence-electron chi connectivity index (χ0n) is 63.8. The highest BCUT2D eigenvalue weighted by molar-refractivity contribution is 5.77. The van der Waals surface area contributed by atoms with Crippen molar-refractivity contribution in [2.45, 2.75) is 361 Å². The standard InChI is InChI=1S/C82H146N2O10/c1-18-73-74(56-77(93-73)84-57-71(17)81(87)83-82(84)88)94-79(86)47-46-78(85)92-58-72-54-75(89-51-48-68(14)43-25-40-65(11)37-22-34-62(8)31-19-28-59(2)3)80(91-53-50-70(16)45-27-42-67(13)39-24-36-64(10)33-21-30-61(6)7)76(55-72)90-52-49-69(15)44-26-41-66(12)38-23-35-63(9)32-20-29-60(4)5/h54-55,57,59-70,73-74,77H,18-53,56,58H2,1-17H3,(H,83,87,88)/t62?,63?,64?,65?,66?,67?,68?,69?,70?,73-,74-,77-/m1/s1. The van der Waals surface area contributed by atoms with Crippen molar-refractivity contribution in [3.8, 4) is 17.2 Å². The predicted octanol–water partition coefficient (Wildman–Crippen LogP) is 22.5. The number of carbonyl (C=O) groups is 2. The van der Waals surface area contributed by atoms with Crippen molar-refractivity contribution in [2.75, 3.05) is 19.8 Å². The lowest BCUT2D eigenvalue weighted by Gasteiger charge is -2.21. The lowest BCUT2D eigenvalue weighted by atomic mass is 9.91. The zero-order valence-corrected chi connectivity index (χ0v) is 63.8. The van der Waals surface area contributed by atoms with E-state index in [1.165, 1.54) is 171 Å². The van der Waals surface area contributed by atoms with Crippen LogP contribution in [0.3, 0.4) is 0 Å². The predicted molar refractivity (Wildman–Crippen MR) is 392 cm³/mol. The third kappa shape index (κ3) is 38.4. The van der Waals surface area contributed by atoms with Gasteiger partial charge in [-0.1, -0.05) is 284 Å². The van der Waals surface area contributed by atoms with Crippen LogP contribution >= 0.6 is 0 Å². The Balaban J connectivity index is 1.74. The molecule has 544 valence electrons. The molecule has 9 unspecified atom stereocenters. The first-order chi connectivity index (χ1) is 44.8. The Bertz CT molecular complexity index is 2340. The second-order valence-electron chi connectivity index (χ2n) is 32.3. The van der Waals surface area contributed by atoms with Gasteiger partial charge >= 0.3 is 17.6 Å². The van der Waals surface area contributed by atoms with E-state index < -0.39 is 41.6 Å². The summed E-state index contributed by atoms with van der Waals surface area (Å²) in [6.45, 7) is 40.8. The highest BCUT2D eigenvalue weighted by Gasteiger charge is 2.38. The molecule has 0 radical (unpaired) electrons. The number of carbonyl (C=O) groups excluding carboxylic acids is 2. The fraction of sp³-hybridized carbons (Fsp3) is 0.854. The van der Waals surface area contributed by atoms with Crippen LogP contribution in [0, 0.1) is 77.9 Å². The minimum atomic E-state index is -0.707. The maximum atomic E-state index is 13.5. The molecule has 0 spiro atoms. The number of H-pyrrole nitrogens is 1. The summed E-state index contributed by atoms with van der Waals surface area (Å²) in [5.74, 6) is 9.32. The number of hydrogen-bond acceptors (Lipinski definition) is 10. The van der Waals surface area contributed by atoms with Crippen molar-refractivity contribution in [2.24, 2.45) is 71.0 Å². The molecule has 1 fully saturated rings. The quantitative estimate of drug-likeness (QED) is 0.0636. The molecule has 94 heavy (non-hydrogen) atoms. The molecular weight excluding hydrogens is 1170 g/mol. The second-order valence-corrected chi connectivity index (χ2v) is 32.3. The second kappa shape index (κ2) is 48.8. The van der Waals surface area contributed by atoms with Gasteiger partial charge in [0.25, 0.3) is 5.56 Å². The van der Waals surface area contributed by atoms with Crippen molar-refractivity contribution in [3.63, 3.8) is 0 Å². The van der Waals surface area contributed by atoms with Crippen molar-refractivity contribution in [3.05, 3.63) is 50.3 Å². The van der Waals surface area contributed by atoms with Crippen molar-refractivity contribution in [1.29, 1.82) is 0 Å². The largest absolute Gasteiger partial charge is 0.490 e. The molecular formula is C82H146N2O10. The molecule has 3 rings (SSSR count). The number of esters is 2. The van der Waals surface area contributed by atoms with Crippen LogP contribution in [-0.2, 0) is 30.4 Å². The van der Waals surface area contributed by atoms with Crippen molar-refractivity contribution >= 4 is 11.9 Å². The fourth-order valence-electron chi connectivity index (χ4n) is 13.8. The zero-order chi connectivity index (χ0) is 69.4. The number of nitrogens with zero attached hydrogens (tertiary/aromatic N) is 1.